The third-order valence-electron chi connectivity index (χ3n) is 3.98. The fraction of sp³-hybridized carbons (Fsp3) is 0.316. The number of hydrogen-bond donors (Lipinski definition) is 1. The fourth-order valence-corrected chi connectivity index (χ4v) is 3.81. The fourth-order valence-electron chi connectivity index (χ4n) is 2.57. The van der Waals surface area contributed by atoms with E-state index >= 15 is 0 Å². The highest BCUT2D eigenvalue weighted by Gasteiger charge is 2.18. The van der Waals surface area contributed by atoms with Crippen molar-refractivity contribution in [1.29, 1.82) is 0 Å². The number of methoxy groups -OCH3 is 1. The van der Waals surface area contributed by atoms with E-state index in [2.05, 4.69) is 10.3 Å². The molecule has 28 heavy (non-hydrogen) atoms. The Balaban J connectivity index is 0.00000392. The van der Waals surface area contributed by atoms with Crippen LogP contribution in [0.25, 0.3) is 0 Å². The van der Waals surface area contributed by atoms with E-state index in [1.807, 2.05) is 36.2 Å². The van der Waals surface area contributed by atoms with E-state index in [0.717, 1.165) is 17.4 Å². The lowest BCUT2D eigenvalue weighted by atomic mass is 10.2. The van der Waals surface area contributed by atoms with Gasteiger partial charge in [-0.25, -0.2) is 12.8 Å². The molecule has 0 heterocycles. The molecule has 0 atom stereocenters. The molecule has 0 aliphatic rings. The van der Waals surface area contributed by atoms with Gasteiger partial charge >= 0.3 is 0 Å². The maximum atomic E-state index is 13.7. The SMILES string of the molecule is CN=C(NCCS(=O)(=O)c1ccccc1F)N(C)Cc1ccc(OC)cc1.I. The summed E-state index contributed by atoms with van der Waals surface area (Å²) < 4.78 is 43.5. The van der Waals surface area contributed by atoms with Crippen LogP contribution in [-0.2, 0) is 16.4 Å². The first-order valence-electron chi connectivity index (χ1n) is 8.39. The highest BCUT2D eigenvalue weighted by Crippen LogP contribution is 2.15. The maximum absolute atomic E-state index is 13.7. The van der Waals surface area contributed by atoms with E-state index in [1.165, 1.54) is 18.2 Å². The normalized spacial score (nSPS) is 11.5. The Labute approximate surface area is 182 Å². The number of halogens is 2. The molecule has 154 valence electrons. The molecule has 0 unspecified atom stereocenters. The molecule has 0 saturated carbocycles. The smallest absolute Gasteiger partial charge is 0.193 e. The van der Waals surface area contributed by atoms with Crippen LogP contribution >= 0.6 is 24.0 Å². The standard InChI is InChI=1S/C19H24FN3O3S.HI/c1-21-19(23(2)14-15-8-10-16(26-3)11-9-15)22-12-13-27(24,25)18-7-5-4-6-17(18)20;/h4-11H,12-14H2,1-3H3,(H,21,22);1H. The van der Waals surface area contributed by atoms with Gasteiger partial charge in [0.15, 0.2) is 15.8 Å². The zero-order valence-electron chi connectivity index (χ0n) is 16.1. The van der Waals surface area contributed by atoms with Gasteiger partial charge in [-0.3, -0.25) is 4.99 Å². The lowest BCUT2D eigenvalue weighted by Crippen LogP contribution is -2.40. The Bertz CT molecular complexity index is 890. The monoisotopic (exact) mass is 521 g/mol. The van der Waals surface area contributed by atoms with Crippen LogP contribution in [0.4, 0.5) is 4.39 Å². The highest BCUT2D eigenvalue weighted by molar-refractivity contribution is 14.0. The van der Waals surface area contributed by atoms with Crippen molar-refractivity contribution >= 4 is 39.8 Å². The van der Waals surface area contributed by atoms with Crippen LogP contribution in [-0.4, -0.2) is 52.8 Å². The maximum Gasteiger partial charge on any atom is 0.193 e. The molecule has 0 saturated heterocycles. The second kappa shape index (κ2) is 11.2. The molecule has 0 fully saturated rings. The minimum absolute atomic E-state index is 0. The van der Waals surface area contributed by atoms with Gasteiger partial charge in [0.1, 0.15) is 16.5 Å². The number of rotatable bonds is 7. The van der Waals surface area contributed by atoms with E-state index in [-0.39, 0.29) is 41.2 Å². The number of sulfone groups is 1. The summed E-state index contributed by atoms with van der Waals surface area (Å²) in [6, 6.07) is 13.0. The summed E-state index contributed by atoms with van der Waals surface area (Å²) in [6.45, 7) is 0.708. The van der Waals surface area contributed by atoms with Gasteiger partial charge in [0.25, 0.3) is 0 Å². The summed E-state index contributed by atoms with van der Waals surface area (Å²) >= 11 is 0. The quantitative estimate of drug-likeness (QED) is 0.345. The molecule has 2 aromatic carbocycles. The minimum Gasteiger partial charge on any atom is -0.497 e. The Kier molecular flexibility index (Phi) is 9.66. The molecule has 6 nitrogen and oxygen atoms in total. The number of aliphatic imine (C=N–C) groups is 1. The Morgan fingerprint density at radius 3 is 2.39 bits per heavy atom. The van der Waals surface area contributed by atoms with Crippen LogP contribution in [0.15, 0.2) is 58.4 Å². The van der Waals surface area contributed by atoms with Crippen LogP contribution < -0.4 is 10.1 Å². The number of benzene rings is 2. The van der Waals surface area contributed by atoms with Crippen LogP contribution in [0.2, 0.25) is 0 Å². The highest BCUT2D eigenvalue weighted by atomic mass is 127. The average molecular weight is 521 g/mol. The molecule has 0 aliphatic carbocycles. The van der Waals surface area contributed by atoms with E-state index in [4.69, 9.17) is 4.74 Å². The zero-order chi connectivity index (χ0) is 19.9. The third kappa shape index (κ3) is 6.62. The largest absolute Gasteiger partial charge is 0.497 e. The van der Waals surface area contributed by atoms with Gasteiger partial charge in [-0.05, 0) is 29.8 Å². The Hall–Kier alpha value is -1.88. The van der Waals surface area contributed by atoms with Crippen molar-refractivity contribution in [3.05, 3.63) is 59.9 Å². The first kappa shape index (κ1) is 24.2. The number of nitrogens with zero attached hydrogens (tertiary/aromatic N) is 2. The van der Waals surface area contributed by atoms with Crippen molar-refractivity contribution < 1.29 is 17.5 Å². The van der Waals surface area contributed by atoms with Crippen molar-refractivity contribution in [3.63, 3.8) is 0 Å². The molecule has 0 amide bonds. The molecule has 0 aromatic heterocycles. The lowest BCUT2D eigenvalue weighted by Gasteiger charge is -2.22. The predicted molar refractivity (Wildman–Crippen MR) is 120 cm³/mol. The molecule has 0 radical (unpaired) electrons. The number of guanidine groups is 1. The second-order valence-corrected chi connectivity index (χ2v) is 8.00. The van der Waals surface area contributed by atoms with Gasteiger partial charge in [0.2, 0.25) is 0 Å². The van der Waals surface area contributed by atoms with Crippen LogP contribution in [0.1, 0.15) is 5.56 Å². The summed E-state index contributed by atoms with van der Waals surface area (Å²) in [7, 11) is 1.38. The lowest BCUT2D eigenvalue weighted by molar-refractivity contribution is 0.414. The number of nitrogens with one attached hydrogen (secondary N) is 1. The Morgan fingerprint density at radius 1 is 1.18 bits per heavy atom. The van der Waals surface area contributed by atoms with Crippen molar-refractivity contribution in [3.8, 4) is 5.75 Å². The predicted octanol–water partition coefficient (Wildman–Crippen LogP) is 2.93. The summed E-state index contributed by atoms with van der Waals surface area (Å²) in [5.41, 5.74) is 1.06. The molecule has 9 heteroatoms. The van der Waals surface area contributed by atoms with E-state index < -0.39 is 15.7 Å². The summed E-state index contributed by atoms with van der Waals surface area (Å²) in [5, 5.41) is 3.01. The number of ether oxygens (including phenoxy) is 1. The molecule has 0 bridgehead atoms. The third-order valence-corrected chi connectivity index (χ3v) is 5.72. The Morgan fingerprint density at radius 2 is 1.82 bits per heavy atom. The van der Waals surface area contributed by atoms with Gasteiger partial charge in [0, 0.05) is 27.2 Å². The van der Waals surface area contributed by atoms with Gasteiger partial charge in [0.05, 0.1) is 12.9 Å². The van der Waals surface area contributed by atoms with Gasteiger partial charge in [-0.2, -0.15) is 0 Å². The van der Waals surface area contributed by atoms with Crippen LogP contribution in [0.5, 0.6) is 5.75 Å². The van der Waals surface area contributed by atoms with Gasteiger partial charge in [-0.15, -0.1) is 24.0 Å². The summed E-state index contributed by atoms with van der Waals surface area (Å²) in [6.07, 6.45) is 0. The van der Waals surface area contributed by atoms with Crippen molar-refractivity contribution in [2.75, 3.05) is 33.5 Å². The topological polar surface area (TPSA) is 71.0 Å². The first-order valence-corrected chi connectivity index (χ1v) is 10.0. The van der Waals surface area contributed by atoms with Gasteiger partial charge < -0.3 is 15.0 Å². The molecule has 0 spiro atoms. The first-order chi connectivity index (χ1) is 12.9. The minimum atomic E-state index is -3.71. The van der Waals surface area contributed by atoms with Crippen molar-refractivity contribution in [1.82, 2.24) is 10.2 Å². The van der Waals surface area contributed by atoms with Crippen molar-refractivity contribution in [2.45, 2.75) is 11.4 Å². The average Bonchev–Trinajstić information content (AvgIpc) is 2.66. The summed E-state index contributed by atoms with van der Waals surface area (Å²) in [4.78, 5) is 5.75. The molecular formula is C19H25FIN3O3S. The van der Waals surface area contributed by atoms with Crippen molar-refractivity contribution in [2.24, 2.45) is 4.99 Å². The molecule has 1 N–H and O–H groups in total. The van der Waals surface area contributed by atoms with E-state index in [9.17, 15) is 12.8 Å². The summed E-state index contributed by atoms with van der Waals surface area (Å²) in [5.74, 6) is 0.360. The van der Waals surface area contributed by atoms with Crippen LogP contribution in [0.3, 0.4) is 0 Å². The molecular weight excluding hydrogens is 496 g/mol. The van der Waals surface area contributed by atoms with Gasteiger partial charge in [-0.1, -0.05) is 24.3 Å². The molecule has 2 rings (SSSR count). The molecule has 0 aliphatic heterocycles. The van der Waals surface area contributed by atoms with Crippen LogP contribution in [0, 0.1) is 5.82 Å². The molecule has 2 aromatic rings. The van der Waals surface area contributed by atoms with E-state index in [0.29, 0.717) is 12.5 Å². The van der Waals surface area contributed by atoms with E-state index in [1.54, 1.807) is 14.2 Å². The zero-order valence-corrected chi connectivity index (χ0v) is 19.2. The second-order valence-electron chi connectivity index (χ2n) is 5.93. The number of hydrogen-bond acceptors (Lipinski definition) is 4.